The number of rotatable bonds is 4. The highest BCUT2D eigenvalue weighted by Gasteiger charge is 2.21. The Labute approximate surface area is 110 Å². The van der Waals surface area contributed by atoms with E-state index in [-0.39, 0.29) is 22.8 Å². The molecule has 5 heteroatoms. The number of aryl methyl sites for hydroxylation is 1. The zero-order chi connectivity index (χ0) is 14.0. The topological polar surface area (TPSA) is 79.9 Å². The van der Waals surface area contributed by atoms with Crippen LogP contribution >= 0.6 is 0 Å². The number of methoxy groups -OCH3 is 1. The average molecular weight is 262 g/mol. The number of carbonyl (C=O) groups is 1. The summed E-state index contributed by atoms with van der Waals surface area (Å²) in [6, 6.07) is 4.57. The number of phenolic OH excluding ortho intramolecular Hbond substituents is 1. The fourth-order valence-corrected chi connectivity index (χ4v) is 1.92. The lowest BCUT2D eigenvalue weighted by atomic mass is 10.0. The molecule has 0 aliphatic carbocycles. The largest absolute Gasteiger partial charge is 0.504 e. The first-order valence-electron chi connectivity index (χ1n) is 5.79. The van der Waals surface area contributed by atoms with Crippen LogP contribution in [0.25, 0.3) is 11.3 Å². The number of carboxylic acids is 1. The number of phenols is 1. The number of benzene rings is 1. The van der Waals surface area contributed by atoms with Crippen molar-refractivity contribution in [1.82, 2.24) is 0 Å². The number of aromatic hydroxyl groups is 1. The predicted octanol–water partition coefficient (Wildman–Crippen LogP) is 2.92. The van der Waals surface area contributed by atoms with Crippen molar-refractivity contribution >= 4 is 5.97 Å². The Morgan fingerprint density at radius 2 is 2.16 bits per heavy atom. The highest BCUT2D eigenvalue weighted by Crippen LogP contribution is 2.34. The zero-order valence-corrected chi connectivity index (χ0v) is 10.6. The maximum atomic E-state index is 11.3. The Morgan fingerprint density at radius 1 is 1.42 bits per heavy atom. The summed E-state index contributed by atoms with van der Waals surface area (Å²) in [7, 11) is 1.43. The summed E-state index contributed by atoms with van der Waals surface area (Å²) in [6.07, 6.45) is 2.01. The molecule has 100 valence electrons. The van der Waals surface area contributed by atoms with Crippen LogP contribution in [0.1, 0.15) is 22.8 Å². The summed E-state index contributed by atoms with van der Waals surface area (Å²) in [5.74, 6) is -0.510. The van der Waals surface area contributed by atoms with Gasteiger partial charge < -0.3 is 19.4 Å². The van der Waals surface area contributed by atoms with Gasteiger partial charge in [-0.25, -0.2) is 4.79 Å². The Hall–Kier alpha value is -2.43. The van der Waals surface area contributed by atoms with E-state index in [1.54, 1.807) is 12.1 Å². The monoisotopic (exact) mass is 262 g/mol. The molecule has 19 heavy (non-hydrogen) atoms. The van der Waals surface area contributed by atoms with E-state index in [1.165, 1.54) is 19.4 Å². The molecule has 0 spiro atoms. The second-order valence-corrected chi connectivity index (χ2v) is 4.01. The van der Waals surface area contributed by atoms with Crippen LogP contribution in [0.2, 0.25) is 0 Å². The van der Waals surface area contributed by atoms with Crippen molar-refractivity contribution in [1.29, 1.82) is 0 Å². The highest BCUT2D eigenvalue weighted by atomic mass is 16.5. The van der Waals surface area contributed by atoms with E-state index < -0.39 is 5.97 Å². The van der Waals surface area contributed by atoms with Gasteiger partial charge in [0.2, 0.25) is 0 Å². The minimum absolute atomic E-state index is 0.00889. The van der Waals surface area contributed by atoms with Crippen molar-refractivity contribution in [3.8, 4) is 22.8 Å². The third-order valence-corrected chi connectivity index (χ3v) is 2.90. The molecule has 0 saturated heterocycles. The summed E-state index contributed by atoms with van der Waals surface area (Å²) in [4.78, 5) is 11.3. The molecule has 2 N–H and O–H groups in total. The number of hydrogen-bond acceptors (Lipinski definition) is 4. The van der Waals surface area contributed by atoms with E-state index >= 15 is 0 Å². The quantitative estimate of drug-likeness (QED) is 0.885. The summed E-state index contributed by atoms with van der Waals surface area (Å²) >= 11 is 0. The van der Waals surface area contributed by atoms with Crippen LogP contribution in [0.3, 0.4) is 0 Å². The van der Waals surface area contributed by atoms with Crippen LogP contribution in [0.5, 0.6) is 11.5 Å². The van der Waals surface area contributed by atoms with Crippen LogP contribution < -0.4 is 4.74 Å². The molecule has 1 heterocycles. The normalized spacial score (nSPS) is 10.4. The van der Waals surface area contributed by atoms with Gasteiger partial charge in [-0.2, -0.15) is 0 Å². The van der Waals surface area contributed by atoms with Gasteiger partial charge >= 0.3 is 5.97 Å². The number of hydrogen-bond donors (Lipinski definition) is 2. The molecule has 2 aromatic rings. The second kappa shape index (κ2) is 5.06. The van der Waals surface area contributed by atoms with Gasteiger partial charge in [0.05, 0.1) is 13.4 Å². The van der Waals surface area contributed by atoms with Crippen molar-refractivity contribution in [3.63, 3.8) is 0 Å². The molecule has 0 bridgehead atoms. The van der Waals surface area contributed by atoms with Crippen molar-refractivity contribution in [2.45, 2.75) is 13.3 Å². The van der Waals surface area contributed by atoms with Crippen LogP contribution in [-0.4, -0.2) is 23.3 Å². The molecule has 0 saturated carbocycles. The van der Waals surface area contributed by atoms with Gasteiger partial charge in [-0.1, -0.05) is 6.92 Å². The molecule has 0 radical (unpaired) electrons. The fourth-order valence-electron chi connectivity index (χ4n) is 1.92. The summed E-state index contributed by atoms with van der Waals surface area (Å²) < 4.78 is 10.4. The molecule has 5 nitrogen and oxygen atoms in total. The highest BCUT2D eigenvalue weighted by molar-refractivity contribution is 5.96. The van der Waals surface area contributed by atoms with E-state index in [1.807, 2.05) is 6.92 Å². The van der Waals surface area contributed by atoms with Crippen LogP contribution in [0.15, 0.2) is 28.9 Å². The number of carboxylic acid groups (broad SMARTS) is 1. The van der Waals surface area contributed by atoms with Crippen LogP contribution in [0, 0.1) is 0 Å². The number of aromatic carboxylic acids is 1. The fraction of sp³-hybridized carbons (Fsp3) is 0.214. The molecule has 0 aliphatic heterocycles. The average Bonchev–Trinajstić information content (AvgIpc) is 2.83. The lowest BCUT2D eigenvalue weighted by Crippen LogP contribution is -2.00. The predicted molar refractivity (Wildman–Crippen MR) is 68.7 cm³/mol. The minimum Gasteiger partial charge on any atom is -0.504 e. The lowest BCUT2D eigenvalue weighted by Gasteiger charge is -2.06. The third kappa shape index (κ3) is 2.27. The van der Waals surface area contributed by atoms with Crippen molar-refractivity contribution in [2.24, 2.45) is 0 Å². The Balaban J connectivity index is 2.59. The Bertz CT molecular complexity index is 612. The molecule has 0 unspecified atom stereocenters. The van der Waals surface area contributed by atoms with Gasteiger partial charge in [0, 0.05) is 11.1 Å². The first-order valence-corrected chi connectivity index (χ1v) is 5.79. The second-order valence-electron chi connectivity index (χ2n) is 4.01. The van der Waals surface area contributed by atoms with E-state index in [2.05, 4.69) is 0 Å². The van der Waals surface area contributed by atoms with Gasteiger partial charge in [-0.3, -0.25) is 0 Å². The van der Waals surface area contributed by atoms with E-state index in [9.17, 15) is 15.0 Å². The summed E-state index contributed by atoms with van der Waals surface area (Å²) in [6.45, 7) is 1.86. The van der Waals surface area contributed by atoms with Crippen LogP contribution in [-0.2, 0) is 6.42 Å². The first-order chi connectivity index (χ1) is 9.08. The minimum atomic E-state index is -1.03. The molecule has 1 aromatic carbocycles. The maximum absolute atomic E-state index is 11.3. The first kappa shape index (κ1) is 13.0. The molecular formula is C14H14O5. The molecule has 1 aromatic heterocycles. The molecule has 0 amide bonds. The lowest BCUT2D eigenvalue weighted by molar-refractivity contribution is 0.0696. The van der Waals surface area contributed by atoms with Gasteiger partial charge in [-0.05, 0) is 24.6 Å². The number of ether oxygens (including phenoxy) is 1. The molecule has 0 fully saturated rings. The van der Waals surface area contributed by atoms with Crippen molar-refractivity contribution in [3.05, 3.63) is 35.6 Å². The summed E-state index contributed by atoms with van der Waals surface area (Å²) in [5.41, 5.74) is 1.33. The molecule has 2 rings (SSSR count). The van der Waals surface area contributed by atoms with Gasteiger partial charge in [0.15, 0.2) is 11.5 Å². The van der Waals surface area contributed by atoms with Crippen LogP contribution in [0.4, 0.5) is 0 Å². The van der Waals surface area contributed by atoms with E-state index in [0.29, 0.717) is 17.5 Å². The zero-order valence-electron chi connectivity index (χ0n) is 10.6. The maximum Gasteiger partial charge on any atom is 0.339 e. The number of furan rings is 1. The third-order valence-electron chi connectivity index (χ3n) is 2.90. The summed E-state index contributed by atoms with van der Waals surface area (Å²) in [5, 5.41) is 18.8. The molecule has 0 atom stereocenters. The van der Waals surface area contributed by atoms with E-state index in [4.69, 9.17) is 9.15 Å². The Kier molecular flexibility index (Phi) is 3.46. The molecule has 0 aliphatic rings. The Morgan fingerprint density at radius 3 is 2.74 bits per heavy atom. The standard InChI is InChI=1S/C14H14O5/c1-3-8-7-19-13(12(8)14(16)17)9-4-5-10(15)11(6-9)18-2/h4-7,15H,3H2,1-2H3,(H,16,17). The van der Waals surface area contributed by atoms with Crippen molar-refractivity contribution < 1.29 is 24.2 Å². The van der Waals surface area contributed by atoms with Crippen molar-refractivity contribution in [2.75, 3.05) is 7.11 Å². The smallest absolute Gasteiger partial charge is 0.339 e. The van der Waals surface area contributed by atoms with Gasteiger partial charge in [0.25, 0.3) is 0 Å². The van der Waals surface area contributed by atoms with Gasteiger partial charge in [-0.15, -0.1) is 0 Å². The van der Waals surface area contributed by atoms with E-state index in [0.717, 1.165) is 0 Å². The van der Waals surface area contributed by atoms with Gasteiger partial charge in [0.1, 0.15) is 11.3 Å². The molecular weight excluding hydrogens is 248 g/mol. The SMILES string of the molecule is CCc1coc(-c2ccc(O)c(OC)c2)c1C(=O)O.